The molecule has 0 radical (unpaired) electrons. The average molecular weight is 378 g/mol. The zero-order valence-corrected chi connectivity index (χ0v) is 13.8. The van der Waals surface area contributed by atoms with E-state index in [-0.39, 0.29) is 12.2 Å². The summed E-state index contributed by atoms with van der Waals surface area (Å²) in [5, 5.41) is 10.6. The lowest BCUT2D eigenvalue weighted by molar-refractivity contribution is -0.327. The summed E-state index contributed by atoms with van der Waals surface area (Å²) in [5.41, 5.74) is -6.01. The molecule has 2 aliphatic rings. The van der Waals surface area contributed by atoms with Crippen LogP contribution in [-0.4, -0.2) is 23.1 Å². The van der Waals surface area contributed by atoms with Crippen LogP contribution in [0.3, 0.4) is 0 Å². The molecule has 0 spiro atoms. The van der Waals surface area contributed by atoms with Gasteiger partial charge in [-0.2, -0.15) is 22.0 Å². The molecule has 1 atom stereocenters. The lowest BCUT2D eigenvalue weighted by Gasteiger charge is -2.40. The zero-order chi connectivity index (χ0) is 18.5. The van der Waals surface area contributed by atoms with E-state index in [0.29, 0.717) is 12.8 Å². The number of rotatable bonds is 4. The van der Waals surface area contributed by atoms with Gasteiger partial charge in [0.2, 0.25) is 0 Å². The van der Waals surface area contributed by atoms with Crippen LogP contribution in [0.25, 0.3) is 0 Å². The average Bonchev–Trinajstić information content (AvgIpc) is 2.64. The van der Waals surface area contributed by atoms with Crippen molar-refractivity contribution in [2.45, 2.75) is 47.8 Å². The van der Waals surface area contributed by atoms with Crippen LogP contribution >= 0.6 is 11.8 Å². The van der Waals surface area contributed by atoms with E-state index in [0.717, 1.165) is 12.5 Å². The summed E-state index contributed by atoms with van der Waals surface area (Å²) in [6.07, 6.45) is 6.47. The molecule has 3 rings (SSSR count). The molecule has 1 N–H and O–H groups in total. The topological polar surface area (TPSA) is 29.5 Å². The van der Waals surface area contributed by atoms with Crippen molar-refractivity contribution in [3.05, 3.63) is 29.3 Å². The summed E-state index contributed by atoms with van der Waals surface area (Å²) < 4.78 is 72.5. The first-order valence-corrected chi connectivity index (χ1v) is 8.44. The van der Waals surface area contributed by atoms with Crippen molar-refractivity contribution < 1.29 is 31.8 Å². The Morgan fingerprint density at radius 2 is 1.96 bits per heavy atom. The third-order valence-electron chi connectivity index (χ3n) is 4.76. The van der Waals surface area contributed by atoms with Crippen LogP contribution in [-0.2, 0) is 16.9 Å². The largest absolute Gasteiger partial charge is 0.446 e. The molecular weight excluding hydrogens is 363 g/mol. The second kappa shape index (κ2) is 5.86. The molecule has 0 saturated heterocycles. The molecule has 0 heterocycles. The van der Waals surface area contributed by atoms with Gasteiger partial charge in [-0.05, 0) is 36.2 Å². The highest BCUT2D eigenvalue weighted by Gasteiger charge is 2.63. The number of benzene rings is 1. The molecule has 2 nitrogen and oxygen atoms in total. The summed E-state index contributed by atoms with van der Waals surface area (Å²) in [7, 11) is 0. The normalized spacial score (nSPS) is 26.6. The number of hydrogen-bond acceptors (Lipinski definition) is 3. The molecule has 0 aromatic heterocycles. The second-order valence-corrected chi connectivity index (χ2v) is 7.54. The Labute approximate surface area is 145 Å². The predicted octanol–water partition coefficient (Wildman–Crippen LogP) is 4.46. The van der Waals surface area contributed by atoms with E-state index >= 15 is 0 Å². The number of thioether (sulfide) groups is 1. The van der Waals surface area contributed by atoms with Gasteiger partial charge in [0.15, 0.2) is 0 Å². The molecule has 136 valence electrons. The first-order chi connectivity index (χ1) is 11.5. The van der Waals surface area contributed by atoms with E-state index in [1.807, 2.05) is 0 Å². The van der Waals surface area contributed by atoms with Gasteiger partial charge < -0.3 is 9.84 Å². The van der Waals surface area contributed by atoms with E-state index < -0.39 is 51.3 Å². The predicted molar refractivity (Wildman–Crippen MR) is 82.0 cm³/mol. The van der Waals surface area contributed by atoms with E-state index in [4.69, 9.17) is 11.2 Å². The molecule has 25 heavy (non-hydrogen) atoms. The van der Waals surface area contributed by atoms with Crippen molar-refractivity contribution in [2.24, 2.45) is 5.41 Å². The van der Waals surface area contributed by atoms with Gasteiger partial charge in [0, 0.05) is 16.9 Å². The van der Waals surface area contributed by atoms with Crippen LogP contribution < -0.4 is 0 Å². The number of terminal acetylenes is 1. The van der Waals surface area contributed by atoms with Gasteiger partial charge >= 0.3 is 11.4 Å². The Hall–Kier alpha value is -1.30. The lowest BCUT2D eigenvalue weighted by atomic mass is 9.70. The van der Waals surface area contributed by atoms with Gasteiger partial charge in [0.1, 0.15) is 0 Å². The highest BCUT2D eigenvalue weighted by molar-refractivity contribution is 8.00. The van der Waals surface area contributed by atoms with Gasteiger partial charge in [-0.15, -0.1) is 6.42 Å². The summed E-state index contributed by atoms with van der Waals surface area (Å²) in [5.74, 6) is -4.39. The fourth-order valence-electron chi connectivity index (χ4n) is 3.21. The molecule has 0 aliphatic heterocycles. The van der Waals surface area contributed by atoms with Gasteiger partial charge in [-0.3, -0.25) is 0 Å². The van der Waals surface area contributed by atoms with Crippen molar-refractivity contribution in [1.29, 1.82) is 0 Å². The Morgan fingerprint density at radius 1 is 1.28 bits per heavy atom. The highest BCUT2D eigenvalue weighted by atomic mass is 32.2. The summed E-state index contributed by atoms with van der Waals surface area (Å²) in [6, 6.07) is 3.57. The Morgan fingerprint density at radius 3 is 2.48 bits per heavy atom. The third kappa shape index (κ3) is 3.14. The molecule has 0 amide bonds. The van der Waals surface area contributed by atoms with E-state index in [1.54, 1.807) is 0 Å². The standard InChI is InChI=1S/C17H15F5O2S/c1-2-14(7-4-8-14)10-24-16(23)13-11(9-15(16,18)19)5-3-6-12(13)25-17(20,21)22/h1,3,5-6,23H,4,7-10H2. The molecule has 1 unspecified atom stereocenters. The number of fused-ring (bicyclic) bond motifs is 1. The van der Waals surface area contributed by atoms with Gasteiger partial charge in [-0.1, -0.05) is 24.5 Å². The van der Waals surface area contributed by atoms with E-state index in [2.05, 4.69) is 5.92 Å². The van der Waals surface area contributed by atoms with Gasteiger partial charge in [0.05, 0.1) is 12.0 Å². The number of ether oxygens (including phenoxy) is 1. The van der Waals surface area contributed by atoms with Crippen molar-refractivity contribution in [2.75, 3.05) is 6.61 Å². The van der Waals surface area contributed by atoms with Crippen molar-refractivity contribution in [3.63, 3.8) is 0 Å². The third-order valence-corrected chi connectivity index (χ3v) is 5.55. The van der Waals surface area contributed by atoms with Crippen LogP contribution in [0.5, 0.6) is 0 Å². The van der Waals surface area contributed by atoms with Crippen LogP contribution in [0.1, 0.15) is 30.4 Å². The maximum Gasteiger partial charge on any atom is 0.446 e. The first-order valence-electron chi connectivity index (χ1n) is 7.62. The van der Waals surface area contributed by atoms with E-state index in [9.17, 15) is 27.1 Å². The monoisotopic (exact) mass is 378 g/mol. The van der Waals surface area contributed by atoms with Crippen LogP contribution in [0.15, 0.2) is 23.1 Å². The minimum absolute atomic E-state index is 0.0647. The highest BCUT2D eigenvalue weighted by Crippen LogP contribution is 2.54. The fraction of sp³-hybridized carbons (Fsp3) is 0.529. The maximum atomic E-state index is 14.5. The van der Waals surface area contributed by atoms with Gasteiger partial charge in [0.25, 0.3) is 5.79 Å². The van der Waals surface area contributed by atoms with Crippen LogP contribution in [0.4, 0.5) is 22.0 Å². The van der Waals surface area contributed by atoms with E-state index in [1.165, 1.54) is 12.1 Å². The van der Waals surface area contributed by atoms with Crippen molar-refractivity contribution in [1.82, 2.24) is 0 Å². The Kier molecular flexibility index (Phi) is 4.34. The minimum Gasteiger partial charge on any atom is -0.357 e. The maximum absolute atomic E-state index is 14.5. The summed E-state index contributed by atoms with van der Waals surface area (Å²) in [6.45, 7) is -0.333. The molecular formula is C17H15F5O2S. The molecule has 0 bridgehead atoms. The number of halogens is 5. The summed E-state index contributed by atoms with van der Waals surface area (Å²) in [4.78, 5) is -0.493. The van der Waals surface area contributed by atoms with Gasteiger partial charge in [-0.25, -0.2) is 0 Å². The number of hydrogen-bond donors (Lipinski definition) is 1. The number of aliphatic hydroxyl groups is 1. The first kappa shape index (κ1) is 18.5. The van der Waals surface area contributed by atoms with Crippen molar-refractivity contribution >= 4 is 11.8 Å². The Balaban J connectivity index is 1.98. The SMILES string of the molecule is C#CC1(COC2(O)c3c(cccc3SC(F)(F)F)CC2(F)F)CCC1. The lowest BCUT2D eigenvalue weighted by Crippen LogP contribution is -2.47. The zero-order valence-electron chi connectivity index (χ0n) is 13.0. The fourth-order valence-corrected chi connectivity index (χ4v) is 3.98. The quantitative estimate of drug-likeness (QED) is 0.363. The van der Waals surface area contributed by atoms with Crippen LogP contribution in [0, 0.1) is 17.8 Å². The summed E-state index contributed by atoms with van der Waals surface area (Å²) >= 11 is -0.546. The number of alkyl halides is 5. The molecule has 8 heteroatoms. The smallest absolute Gasteiger partial charge is 0.357 e. The van der Waals surface area contributed by atoms with Crippen molar-refractivity contribution in [3.8, 4) is 12.3 Å². The van der Waals surface area contributed by atoms with Crippen LogP contribution in [0.2, 0.25) is 0 Å². The molecule has 1 fully saturated rings. The molecule has 1 saturated carbocycles. The minimum atomic E-state index is -4.68. The molecule has 1 aromatic rings. The second-order valence-electron chi connectivity index (χ2n) is 6.43. The molecule has 1 aromatic carbocycles. The Bertz CT molecular complexity index is 721. The molecule has 2 aliphatic carbocycles.